The highest BCUT2D eigenvalue weighted by atomic mass is 79.9. The number of nitrogens with zero attached hydrogens (tertiary/aromatic N) is 2. The van der Waals surface area contributed by atoms with Crippen LogP contribution in [0.5, 0.6) is 0 Å². The lowest BCUT2D eigenvalue weighted by Gasteiger charge is -2.35. The number of amides is 3. The Labute approximate surface area is 258 Å². The van der Waals surface area contributed by atoms with Crippen LogP contribution in [-0.4, -0.2) is 46.2 Å². The van der Waals surface area contributed by atoms with Crippen molar-refractivity contribution in [3.05, 3.63) is 75.5 Å². The molecule has 3 atom stereocenters. The second-order valence-corrected chi connectivity index (χ2v) is 13.6. The number of nitrogens with one attached hydrogen (secondary N) is 2. The van der Waals surface area contributed by atoms with Gasteiger partial charge < -0.3 is 20.0 Å². The van der Waals surface area contributed by atoms with Crippen LogP contribution in [0.15, 0.2) is 62.9 Å². The standard InChI is InChI=1S/C32H35BrN4O4S/c1-18(20-8-10-21(11-9-20)27-19(2)34-17-42-27)35-29(38)24-7-6-14-37(24)31(40)28(32(3,4)5)36-30(39)26-15-22-12-13-23(33)16-25(22)41-26/h8-13,15-18,24,28H,6-7,14H2,1-5H3,(H,35,38)(H,36,39)/t18-,24-,28?/m0/s1. The maximum Gasteiger partial charge on any atom is 0.287 e. The summed E-state index contributed by atoms with van der Waals surface area (Å²) >= 11 is 5.02. The van der Waals surface area contributed by atoms with E-state index in [1.165, 1.54) is 0 Å². The quantitative estimate of drug-likeness (QED) is 0.233. The smallest absolute Gasteiger partial charge is 0.287 e. The van der Waals surface area contributed by atoms with Crippen molar-refractivity contribution in [2.24, 2.45) is 5.41 Å². The minimum absolute atomic E-state index is 0.131. The molecule has 3 heterocycles. The molecule has 0 bridgehead atoms. The molecule has 2 aromatic carbocycles. The van der Waals surface area contributed by atoms with Gasteiger partial charge in [-0.05, 0) is 67.5 Å². The number of furan rings is 1. The van der Waals surface area contributed by atoms with E-state index in [0.717, 1.165) is 31.6 Å². The highest BCUT2D eigenvalue weighted by Crippen LogP contribution is 2.30. The van der Waals surface area contributed by atoms with Crippen LogP contribution in [0, 0.1) is 12.3 Å². The number of carbonyl (C=O) groups excluding carboxylic acids is 3. The minimum Gasteiger partial charge on any atom is -0.451 e. The molecule has 3 amide bonds. The molecule has 4 aromatic rings. The first-order chi connectivity index (χ1) is 19.9. The Bertz CT molecular complexity index is 1620. The van der Waals surface area contributed by atoms with Gasteiger partial charge in [0.1, 0.15) is 17.7 Å². The van der Waals surface area contributed by atoms with Gasteiger partial charge in [-0.25, -0.2) is 4.98 Å². The minimum atomic E-state index is -0.849. The van der Waals surface area contributed by atoms with Crippen LogP contribution in [0.2, 0.25) is 0 Å². The normalized spacial score (nSPS) is 16.8. The zero-order valence-corrected chi connectivity index (χ0v) is 26.8. The molecule has 10 heteroatoms. The number of carbonyl (C=O) groups is 3. The van der Waals surface area contributed by atoms with Gasteiger partial charge in [-0.2, -0.15) is 0 Å². The van der Waals surface area contributed by atoms with E-state index in [9.17, 15) is 14.4 Å². The third-order valence-corrected chi connectivity index (χ3v) is 9.18. The molecule has 0 spiro atoms. The van der Waals surface area contributed by atoms with Crippen molar-refractivity contribution in [2.45, 2.75) is 65.6 Å². The molecule has 0 aliphatic carbocycles. The zero-order chi connectivity index (χ0) is 30.2. The number of hydrogen-bond acceptors (Lipinski definition) is 6. The Morgan fingerprint density at radius 2 is 1.83 bits per heavy atom. The summed E-state index contributed by atoms with van der Waals surface area (Å²) in [5.74, 6) is -0.811. The molecule has 220 valence electrons. The first-order valence-corrected chi connectivity index (χ1v) is 15.7. The molecule has 1 saturated heterocycles. The van der Waals surface area contributed by atoms with Crippen molar-refractivity contribution in [1.82, 2.24) is 20.5 Å². The zero-order valence-electron chi connectivity index (χ0n) is 24.4. The van der Waals surface area contributed by atoms with E-state index in [-0.39, 0.29) is 23.6 Å². The van der Waals surface area contributed by atoms with Gasteiger partial charge in [-0.3, -0.25) is 14.4 Å². The fourth-order valence-electron chi connectivity index (χ4n) is 5.33. The first kappa shape index (κ1) is 30.0. The van der Waals surface area contributed by atoms with E-state index in [1.54, 1.807) is 28.4 Å². The lowest BCUT2D eigenvalue weighted by atomic mass is 9.85. The largest absolute Gasteiger partial charge is 0.451 e. The number of thiazole rings is 1. The summed E-state index contributed by atoms with van der Waals surface area (Å²) in [5.41, 5.74) is 4.88. The van der Waals surface area contributed by atoms with Crippen molar-refractivity contribution in [2.75, 3.05) is 6.54 Å². The monoisotopic (exact) mass is 650 g/mol. The van der Waals surface area contributed by atoms with Crippen molar-refractivity contribution >= 4 is 56.0 Å². The summed E-state index contributed by atoms with van der Waals surface area (Å²) in [6.07, 6.45) is 1.28. The second-order valence-electron chi connectivity index (χ2n) is 11.9. The number of halogens is 1. The highest BCUT2D eigenvalue weighted by Gasteiger charge is 2.42. The number of likely N-dealkylation sites (tertiary alicyclic amines) is 1. The van der Waals surface area contributed by atoms with Crippen LogP contribution >= 0.6 is 27.3 Å². The van der Waals surface area contributed by atoms with Gasteiger partial charge in [0.25, 0.3) is 5.91 Å². The van der Waals surface area contributed by atoms with Gasteiger partial charge in [-0.15, -0.1) is 11.3 Å². The molecule has 1 aliphatic rings. The van der Waals surface area contributed by atoms with E-state index in [1.807, 2.05) is 76.5 Å². The van der Waals surface area contributed by atoms with Gasteiger partial charge in [0.15, 0.2) is 5.76 Å². The van der Waals surface area contributed by atoms with E-state index in [4.69, 9.17) is 4.42 Å². The Morgan fingerprint density at radius 3 is 2.50 bits per heavy atom. The Hall–Kier alpha value is -3.50. The maximum atomic E-state index is 13.9. The summed E-state index contributed by atoms with van der Waals surface area (Å²) in [6.45, 7) is 10.1. The van der Waals surface area contributed by atoms with Crippen molar-refractivity contribution in [1.29, 1.82) is 0 Å². The van der Waals surface area contributed by atoms with Gasteiger partial charge >= 0.3 is 0 Å². The SMILES string of the molecule is Cc1ncsc1-c1ccc([C@H](C)NC(=O)[C@@H]2CCCN2C(=O)C(NC(=O)c2cc3ccc(Br)cc3o2)C(C)(C)C)cc1. The average molecular weight is 652 g/mol. The summed E-state index contributed by atoms with van der Waals surface area (Å²) < 4.78 is 6.62. The number of aryl methyl sites for hydroxylation is 1. The number of rotatable bonds is 7. The molecular weight excluding hydrogens is 616 g/mol. The number of hydrogen-bond donors (Lipinski definition) is 2. The average Bonchev–Trinajstić information content (AvgIpc) is 3.70. The molecule has 0 radical (unpaired) electrons. The lowest BCUT2D eigenvalue weighted by molar-refractivity contribution is -0.142. The lowest BCUT2D eigenvalue weighted by Crippen LogP contribution is -2.57. The fourth-order valence-corrected chi connectivity index (χ4v) is 6.48. The highest BCUT2D eigenvalue weighted by molar-refractivity contribution is 9.10. The second kappa shape index (κ2) is 12.0. The van der Waals surface area contributed by atoms with E-state index in [2.05, 4.69) is 31.5 Å². The van der Waals surface area contributed by atoms with E-state index >= 15 is 0 Å². The summed E-state index contributed by atoms with van der Waals surface area (Å²) in [4.78, 5) is 47.7. The van der Waals surface area contributed by atoms with E-state index in [0.29, 0.717) is 25.0 Å². The Morgan fingerprint density at radius 1 is 1.10 bits per heavy atom. The number of aromatic nitrogens is 1. The third kappa shape index (κ3) is 6.29. The third-order valence-electron chi connectivity index (χ3n) is 7.71. The summed E-state index contributed by atoms with van der Waals surface area (Å²) in [7, 11) is 0. The van der Waals surface area contributed by atoms with Gasteiger partial charge in [-0.1, -0.05) is 61.0 Å². The Kier molecular flexibility index (Phi) is 8.57. The number of fused-ring (bicyclic) bond motifs is 1. The maximum absolute atomic E-state index is 13.9. The van der Waals surface area contributed by atoms with E-state index < -0.39 is 23.4 Å². The Balaban J connectivity index is 1.27. The fraction of sp³-hybridized carbons (Fsp3) is 0.375. The first-order valence-electron chi connectivity index (χ1n) is 14.0. The molecule has 2 N–H and O–H groups in total. The molecule has 8 nitrogen and oxygen atoms in total. The number of benzene rings is 2. The van der Waals surface area contributed by atoms with Crippen LogP contribution in [0.3, 0.4) is 0 Å². The predicted molar refractivity (Wildman–Crippen MR) is 168 cm³/mol. The van der Waals surface area contributed by atoms with Crippen LogP contribution in [0.1, 0.15) is 68.4 Å². The van der Waals surface area contributed by atoms with Crippen LogP contribution in [-0.2, 0) is 9.59 Å². The molecule has 2 aromatic heterocycles. The topological polar surface area (TPSA) is 105 Å². The molecule has 42 heavy (non-hydrogen) atoms. The van der Waals surface area contributed by atoms with Crippen LogP contribution in [0.4, 0.5) is 0 Å². The molecule has 5 rings (SSSR count). The van der Waals surface area contributed by atoms with Crippen LogP contribution in [0.25, 0.3) is 21.4 Å². The van der Waals surface area contributed by atoms with Gasteiger partial charge in [0, 0.05) is 16.4 Å². The van der Waals surface area contributed by atoms with Crippen molar-refractivity contribution in [3.8, 4) is 10.4 Å². The van der Waals surface area contributed by atoms with Crippen LogP contribution < -0.4 is 10.6 Å². The van der Waals surface area contributed by atoms with Crippen molar-refractivity contribution < 1.29 is 18.8 Å². The molecule has 1 aliphatic heterocycles. The van der Waals surface area contributed by atoms with Gasteiger partial charge in [0.2, 0.25) is 11.8 Å². The molecule has 0 saturated carbocycles. The molecule has 1 fully saturated rings. The molecular formula is C32H35BrN4O4S. The van der Waals surface area contributed by atoms with Crippen molar-refractivity contribution in [3.63, 3.8) is 0 Å². The predicted octanol–water partition coefficient (Wildman–Crippen LogP) is 6.64. The summed E-state index contributed by atoms with van der Waals surface area (Å²) in [5, 5.41) is 6.80. The molecule has 1 unspecified atom stereocenters. The van der Waals surface area contributed by atoms with Gasteiger partial charge in [0.05, 0.1) is 22.1 Å². The summed E-state index contributed by atoms with van der Waals surface area (Å²) in [6, 6.07) is 13.6.